The minimum Gasteiger partial charge on any atom is -0.481 e. The van der Waals surface area contributed by atoms with E-state index in [2.05, 4.69) is 0 Å². The van der Waals surface area contributed by atoms with Gasteiger partial charge in [0.2, 0.25) is 0 Å². The number of aliphatic carboxylic acids is 1. The molecular formula is C5H7F3O3. The van der Waals surface area contributed by atoms with Gasteiger partial charge in [0, 0.05) is 0 Å². The first-order valence-corrected chi connectivity index (χ1v) is 2.74. The summed E-state index contributed by atoms with van der Waals surface area (Å²) in [6.07, 6.45) is -7.65. The van der Waals surface area contributed by atoms with Gasteiger partial charge in [0.15, 0.2) is 6.10 Å². The Kier molecular flexibility index (Phi) is 2.86. The molecule has 0 unspecified atom stereocenters. The summed E-state index contributed by atoms with van der Waals surface area (Å²) in [7, 11) is 0. The Morgan fingerprint density at radius 2 is 1.82 bits per heavy atom. The smallest absolute Gasteiger partial charge is 0.415 e. The zero-order chi connectivity index (χ0) is 9.23. The second-order valence-electron chi connectivity index (χ2n) is 2.11. The number of halogens is 3. The van der Waals surface area contributed by atoms with Gasteiger partial charge in [-0.3, -0.25) is 4.79 Å². The number of carboxylic acid groups (broad SMARTS) is 1. The van der Waals surface area contributed by atoms with Crippen molar-refractivity contribution in [3.05, 3.63) is 0 Å². The highest BCUT2D eigenvalue weighted by Gasteiger charge is 2.44. The highest BCUT2D eigenvalue weighted by atomic mass is 19.4. The molecule has 0 bridgehead atoms. The fourth-order valence-corrected chi connectivity index (χ4v) is 0.419. The molecule has 0 amide bonds. The van der Waals surface area contributed by atoms with E-state index >= 15 is 0 Å². The van der Waals surface area contributed by atoms with Crippen LogP contribution < -0.4 is 0 Å². The van der Waals surface area contributed by atoms with E-state index in [1.165, 1.54) is 0 Å². The predicted octanol–water partition coefficient (Wildman–Crippen LogP) is 0.630. The summed E-state index contributed by atoms with van der Waals surface area (Å²) < 4.78 is 34.6. The summed E-state index contributed by atoms with van der Waals surface area (Å²) in [5.74, 6) is -3.50. The van der Waals surface area contributed by atoms with E-state index in [4.69, 9.17) is 10.2 Å². The van der Waals surface area contributed by atoms with Crippen LogP contribution in [0.1, 0.15) is 6.92 Å². The van der Waals surface area contributed by atoms with Crippen LogP contribution in [-0.2, 0) is 4.79 Å². The van der Waals surface area contributed by atoms with E-state index in [9.17, 15) is 18.0 Å². The number of rotatable bonds is 2. The van der Waals surface area contributed by atoms with Crippen LogP contribution >= 0.6 is 0 Å². The molecule has 0 aliphatic carbocycles. The summed E-state index contributed by atoms with van der Waals surface area (Å²) >= 11 is 0. The average Bonchev–Trinajstić information content (AvgIpc) is 1.82. The van der Waals surface area contributed by atoms with Gasteiger partial charge in [0.1, 0.15) is 0 Å². The van der Waals surface area contributed by atoms with Crippen LogP contribution in [0.2, 0.25) is 0 Å². The summed E-state index contributed by atoms with van der Waals surface area (Å²) in [5.41, 5.74) is 0. The molecular weight excluding hydrogens is 165 g/mol. The monoisotopic (exact) mass is 172 g/mol. The van der Waals surface area contributed by atoms with Crippen molar-refractivity contribution in [3.8, 4) is 0 Å². The van der Waals surface area contributed by atoms with Gasteiger partial charge in [0.25, 0.3) is 0 Å². The average molecular weight is 172 g/mol. The lowest BCUT2D eigenvalue weighted by atomic mass is 10.1. The molecule has 0 fully saturated rings. The molecule has 0 aliphatic rings. The number of hydrogen-bond acceptors (Lipinski definition) is 2. The van der Waals surface area contributed by atoms with Crippen LogP contribution in [0.3, 0.4) is 0 Å². The fourth-order valence-electron chi connectivity index (χ4n) is 0.419. The minimum atomic E-state index is -4.86. The maximum Gasteiger partial charge on any atom is 0.415 e. The van der Waals surface area contributed by atoms with Crippen LogP contribution in [0.25, 0.3) is 0 Å². The van der Waals surface area contributed by atoms with Crippen LogP contribution in [0.5, 0.6) is 0 Å². The molecule has 0 heterocycles. The molecule has 0 saturated carbocycles. The lowest BCUT2D eigenvalue weighted by molar-refractivity contribution is -0.221. The van der Waals surface area contributed by atoms with E-state index in [1.807, 2.05) is 0 Å². The van der Waals surface area contributed by atoms with Crippen LogP contribution in [0.4, 0.5) is 13.2 Å². The third-order valence-electron chi connectivity index (χ3n) is 1.20. The van der Waals surface area contributed by atoms with Crippen molar-refractivity contribution in [3.63, 3.8) is 0 Å². The van der Waals surface area contributed by atoms with Gasteiger partial charge < -0.3 is 10.2 Å². The molecule has 2 atom stereocenters. The first-order chi connectivity index (χ1) is 4.76. The Bertz CT molecular complexity index is 154. The Labute approximate surface area is 60.4 Å². The molecule has 0 aliphatic heterocycles. The Morgan fingerprint density at radius 3 is 1.91 bits per heavy atom. The molecule has 0 aromatic rings. The van der Waals surface area contributed by atoms with Crippen LogP contribution in [-0.4, -0.2) is 28.5 Å². The summed E-state index contributed by atoms with van der Waals surface area (Å²) in [6, 6.07) is 0. The third-order valence-corrected chi connectivity index (χ3v) is 1.20. The Morgan fingerprint density at radius 1 is 1.45 bits per heavy atom. The number of aliphatic hydroxyl groups is 1. The maximum atomic E-state index is 11.5. The molecule has 0 spiro atoms. The SMILES string of the molecule is C[C@H](C(=O)O)[C@@H](O)C(F)(F)F. The second kappa shape index (κ2) is 3.08. The number of hydrogen-bond donors (Lipinski definition) is 2. The molecule has 0 aromatic carbocycles. The number of alkyl halides is 3. The molecule has 0 radical (unpaired) electrons. The number of carbonyl (C=O) groups is 1. The molecule has 11 heavy (non-hydrogen) atoms. The summed E-state index contributed by atoms with van der Waals surface area (Å²) in [6.45, 7) is 0.792. The highest BCUT2D eigenvalue weighted by Crippen LogP contribution is 2.25. The minimum absolute atomic E-state index is 0.792. The van der Waals surface area contributed by atoms with Crippen molar-refractivity contribution >= 4 is 5.97 Å². The van der Waals surface area contributed by atoms with Crippen molar-refractivity contribution in [1.29, 1.82) is 0 Å². The van der Waals surface area contributed by atoms with Crippen molar-refractivity contribution in [2.75, 3.05) is 0 Å². The van der Waals surface area contributed by atoms with Gasteiger partial charge in [0.05, 0.1) is 5.92 Å². The first-order valence-electron chi connectivity index (χ1n) is 2.74. The van der Waals surface area contributed by atoms with Gasteiger partial charge in [-0.2, -0.15) is 13.2 Å². The van der Waals surface area contributed by atoms with Crippen molar-refractivity contribution < 1.29 is 28.2 Å². The molecule has 0 saturated heterocycles. The van der Waals surface area contributed by atoms with Crippen LogP contribution in [0, 0.1) is 5.92 Å². The molecule has 0 rings (SSSR count). The normalized spacial score (nSPS) is 17.5. The predicted molar refractivity (Wildman–Crippen MR) is 28.9 cm³/mol. The lowest BCUT2D eigenvalue weighted by Gasteiger charge is -2.17. The van der Waals surface area contributed by atoms with Gasteiger partial charge in [-0.15, -0.1) is 0 Å². The third kappa shape index (κ3) is 2.75. The molecule has 3 nitrogen and oxygen atoms in total. The van der Waals surface area contributed by atoms with Crippen LogP contribution in [0.15, 0.2) is 0 Å². The Hall–Kier alpha value is -0.780. The summed E-state index contributed by atoms with van der Waals surface area (Å²) in [4.78, 5) is 9.93. The maximum absolute atomic E-state index is 11.5. The molecule has 2 N–H and O–H groups in total. The zero-order valence-corrected chi connectivity index (χ0v) is 5.59. The van der Waals surface area contributed by atoms with Gasteiger partial charge >= 0.3 is 12.1 Å². The second-order valence-corrected chi connectivity index (χ2v) is 2.11. The van der Waals surface area contributed by atoms with Gasteiger partial charge in [-0.05, 0) is 6.92 Å². The lowest BCUT2D eigenvalue weighted by Crippen LogP contribution is -2.38. The van der Waals surface area contributed by atoms with E-state index in [0.717, 1.165) is 6.92 Å². The molecule has 66 valence electrons. The van der Waals surface area contributed by atoms with Crippen molar-refractivity contribution in [2.45, 2.75) is 19.2 Å². The number of carboxylic acids is 1. The quantitative estimate of drug-likeness (QED) is 0.642. The van der Waals surface area contributed by atoms with E-state index < -0.39 is 24.2 Å². The van der Waals surface area contributed by atoms with Crippen molar-refractivity contribution in [1.82, 2.24) is 0 Å². The molecule has 6 heteroatoms. The van der Waals surface area contributed by atoms with E-state index in [0.29, 0.717) is 0 Å². The Balaban J connectivity index is 4.25. The zero-order valence-electron chi connectivity index (χ0n) is 5.59. The fraction of sp³-hybridized carbons (Fsp3) is 0.800. The number of aliphatic hydroxyl groups excluding tert-OH is 1. The topological polar surface area (TPSA) is 57.5 Å². The van der Waals surface area contributed by atoms with Gasteiger partial charge in [-0.1, -0.05) is 0 Å². The van der Waals surface area contributed by atoms with Crippen molar-refractivity contribution in [2.24, 2.45) is 5.92 Å². The van der Waals surface area contributed by atoms with E-state index in [1.54, 1.807) is 0 Å². The largest absolute Gasteiger partial charge is 0.481 e. The van der Waals surface area contributed by atoms with E-state index in [-0.39, 0.29) is 0 Å². The standard InChI is InChI=1S/C5H7F3O3/c1-2(4(10)11)3(9)5(6,7)8/h2-3,9H,1H3,(H,10,11)/t2-,3+/m0/s1. The van der Waals surface area contributed by atoms with Gasteiger partial charge in [-0.25, -0.2) is 0 Å². The summed E-state index contributed by atoms with van der Waals surface area (Å²) in [5, 5.41) is 16.4. The first kappa shape index (κ1) is 10.2. The molecule has 0 aromatic heterocycles. The highest BCUT2D eigenvalue weighted by molar-refractivity contribution is 5.70.